The minimum atomic E-state index is -0.229. The number of nitrogens with one attached hydrogen (secondary N) is 1. The van der Waals surface area contributed by atoms with Crippen LogP contribution in [0.5, 0.6) is 0 Å². The molecule has 3 aromatic rings. The van der Waals surface area contributed by atoms with Crippen LogP contribution in [0, 0.1) is 5.82 Å². The van der Waals surface area contributed by atoms with Gasteiger partial charge in [-0.15, -0.1) is 12.4 Å². The van der Waals surface area contributed by atoms with Gasteiger partial charge in [-0.05, 0) is 35.9 Å². The van der Waals surface area contributed by atoms with Crippen molar-refractivity contribution in [1.82, 2.24) is 10.3 Å². The number of anilines is 1. The Morgan fingerprint density at radius 1 is 1.00 bits per heavy atom. The number of aromatic nitrogens is 1. The van der Waals surface area contributed by atoms with E-state index in [0.717, 1.165) is 48.2 Å². The van der Waals surface area contributed by atoms with Gasteiger partial charge in [0.05, 0.1) is 5.52 Å². The SMILES string of the molecule is Cl.Fc1cc(-c2cccc(N3CCNCC3)c2)c2ncccc2c1. The maximum absolute atomic E-state index is 14.0. The molecule has 0 spiro atoms. The predicted octanol–water partition coefficient (Wildman–Crippen LogP) is 3.87. The topological polar surface area (TPSA) is 28.2 Å². The predicted molar refractivity (Wildman–Crippen MR) is 99.5 cm³/mol. The van der Waals surface area contributed by atoms with E-state index in [-0.39, 0.29) is 18.2 Å². The minimum absolute atomic E-state index is 0. The second-order valence-electron chi connectivity index (χ2n) is 5.82. The summed E-state index contributed by atoms with van der Waals surface area (Å²) in [4.78, 5) is 6.81. The van der Waals surface area contributed by atoms with E-state index in [1.54, 1.807) is 12.3 Å². The Kier molecular flexibility index (Phi) is 4.97. The summed E-state index contributed by atoms with van der Waals surface area (Å²) in [5.41, 5.74) is 3.87. The number of hydrogen-bond donors (Lipinski definition) is 1. The number of piperazine rings is 1. The van der Waals surface area contributed by atoms with E-state index in [4.69, 9.17) is 0 Å². The number of pyridine rings is 1. The van der Waals surface area contributed by atoms with E-state index in [0.29, 0.717) is 0 Å². The number of benzene rings is 2. The Hall–Kier alpha value is -2.17. The normalized spacial score (nSPS) is 14.5. The van der Waals surface area contributed by atoms with Crippen molar-refractivity contribution in [2.24, 2.45) is 0 Å². The molecule has 1 saturated heterocycles. The zero-order valence-corrected chi connectivity index (χ0v) is 14.0. The number of hydrogen-bond acceptors (Lipinski definition) is 3. The Labute approximate surface area is 146 Å². The van der Waals surface area contributed by atoms with Crippen LogP contribution in [0.3, 0.4) is 0 Å². The first kappa shape index (κ1) is 16.7. The van der Waals surface area contributed by atoms with Crippen molar-refractivity contribution >= 4 is 29.0 Å². The lowest BCUT2D eigenvalue weighted by Crippen LogP contribution is -2.43. The zero-order chi connectivity index (χ0) is 15.6. The summed E-state index contributed by atoms with van der Waals surface area (Å²) in [7, 11) is 0. The fourth-order valence-electron chi connectivity index (χ4n) is 3.17. The Morgan fingerprint density at radius 2 is 1.83 bits per heavy atom. The van der Waals surface area contributed by atoms with Crippen LogP contribution >= 0.6 is 12.4 Å². The van der Waals surface area contributed by atoms with Gasteiger partial charge < -0.3 is 10.2 Å². The summed E-state index contributed by atoms with van der Waals surface area (Å²) in [6.45, 7) is 3.97. The molecule has 0 saturated carbocycles. The molecule has 0 aliphatic carbocycles. The molecule has 1 aromatic heterocycles. The van der Waals surface area contributed by atoms with Gasteiger partial charge in [0.1, 0.15) is 5.82 Å². The van der Waals surface area contributed by atoms with Gasteiger partial charge in [-0.3, -0.25) is 4.98 Å². The highest BCUT2D eigenvalue weighted by Crippen LogP contribution is 2.31. The van der Waals surface area contributed by atoms with Crippen molar-refractivity contribution in [2.75, 3.05) is 31.1 Å². The number of rotatable bonds is 2. The van der Waals surface area contributed by atoms with E-state index >= 15 is 0 Å². The lowest BCUT2D eigenvalue weighted by Gasteiger charge is -2.29. The van der Waals surface area contributed by atoms with Crippen molar-refractivity contribution in [2.45, 2.75) is 0 Å². The Bertz CT molecular complexity index is 847. The van der Waals surface area contributed by atoms with Crippen LogP contribution < -0.4 is 10.2 Å². The average Bonchev–Trinajstić information content (AvgIpc) is 2.62. The first-order valence-corrected chi connectivity index (χ1v) is 7.92. The van der Waals surface area contributed by atoms with Gasteiger partial charge in [-0.1, -0.05) is 18.2 Å². The summed E-state index contributed by atoms with van der Waals surface area (Å²) in [6.07, 6.45) is 1.75. The zero-order valence-electron chi connectivity index (χ0n) is 13.2. The smallest absolute Gasteiger partial charge is 0.124 e. The summed E-state index contributed by atoms with van der Waals surface area (Å²) >= 11 is 0. The Morgan fingerprint density at radius 3 is 2.67 bits per heavy atom. The molecule has 2 heterocycles. The van der Waals surface area contributed by atoms with Gasteiger partial charge in [0.25, 0.3) is 0 Å². The van der Waals surface area contributed by atoms with Crippen molar-refractivity contribution in [3.63, 3.8) is 0 Å². The maximum atomic E-state index is 14.0. The highest BCUT2D eigenvalue weighted by atomic mass is 35.5. The van der Waals surface area contributed by atoms with E-state index in [9.17, 15) is 4.39 Å². The van der Waals surface area contributed by atoms with Crippen LogP contribution in [-0.4, -0.2) is 31.2 Å². The molecule has 2 aromatic carbocycles. The number of halogens is 2. The van der Waals surface area contributed by atoms with Crippen LogP contribution in [0.15, 0.2) is 54.7 Å². The molecule has 0 atom stereocenters. The molecule has 5 heteroatoms. The summed E-state index contributed by atoms with van der Waals surface area (Å²) < 4.78 is 14.0. The third-order valence-electron chi connectivity index (χ3n) is 4.31. The number of fused-ring (bicyclic) bond motifs is 1. The fourth-order valence-corrected chi connectivity index (χ4v) is 3.17. The van der Waals surface area contributed by atoms with Crippen LogP contribution in [0.2, 0.25) is 0 Å². The molecule has 24 heavy (non-hydrogen) atoms. The molecule has 1 fully saturated rings. The summed E-state index contributed by atoms with van der Waals surface area (Å²) in [5, 5.41) is 4.19. The lowest BCUT2D eigenvalue weighted by molar-refractivity contribution is 0.589. The first-order valence-electron chi connectivity index (χ1n) is 7.92. The fraction of sp³-hybridized carbons (Fsp3) is 0.211. The van der Waals surface area contributed by atoms with E-state index in [2.05, 4.69) is 27.3 Å². The second kappa shape index (κ2) is 7.16. The highest BCUT2D eigenvalue weighted by Gasteiger charge is 2.13. The molecule has 3 nitrogen and oxygen atoms in total. The van der Waals surface area contributed by atoms with Gasteiger partial charge in [0.15, 0.2) is 0 Å². The monoisotopic (exact) mass is 343 g/mol. The van der Waals surface area contributed by atoms with Gasteiger partial charge >= 0.3 is 0 Å². The molecule has 1 aliphatic heterocycles. The minimum Gasteiger partial charge on any atom is -0.369 e. The van der Waals surface area contributed by atoms with Crippen LogP contribution in [0.1, 0.15) is 0 Å². The van der Waals surface area contributed by atoms with Gasteiger partial charge in [0.2, 0.25) is 0 Å². The summed E-state index contributed by atoms with van der Waals surface area (Å²) in [5.74, 6) is -0.229. The highest BCUT2D eigenvalue weighted by molar-refractivity contribution is 5.94. The second-order valence-corrected chi connectivity index (χ2v) is 5.82. The molecule has 4 rings (SSSR count). The molecular formula is C19H19ClFN3. The van der Waals surface area contributed by atoms with Crippen molar-refractivity contribution in [3.8, 4) is 11.1 Å². The van der Waals surface area contributed by atoms with E-state index in [1.165, 1.54) is 11.8 Å². The first-order chi connectivity index (χ1) is 11.3. The summed E-state index contributed by atoms with van der Waals surface area (Å²) in [6, 6.07) is 15.1. The van der Waals surface area contributed by atoms with Crippen LogP contribution in [-0.2, 0) is 0 Å². The standard InChI is InChI=1S/C19H18FN3.ClH/c20-16-11-15-4-2-6-22-19(15)18(13-16)14-3-1-5-17(12-14)23-9-7-21-8-10-23;/h1-6,11-13,21H,7-10H2;1H. The third kappa shape index (κ3) is 3.21. The lowest BCUT2D eigenvalue weighted by atomic mass is 10.0. The molecule has 1 N–H and O–H groups in total. The molecule has 0 unspecified atom stereocenters. The molecule has 0 radical (unpaired) electrons. The Balaban J connectivity index is 0.00000169. The third-order valence-corrected chi connectivity index (χ3v) is 4.31. The van der Waals surface area contributed by atoms with E-state index in [1.807, 2.05) is 24.3 Å². The average molecular weight is 344 g/mol. The van der Waals surface area contributed by atoms with Crippen molar-refractivity contribution in [1.29, 1.82) is 0 Å². The molecule has 1 aliphatic rings. The quantitative estimate of drug-likeness (QED) is 0.765. The molecule has 0 bridgehead atoms. The van der Waals surface area contributed by atoms with Crippen molar-refractivity contribution in [3.05, 3.63) is 60.5 Å². The van der Waals surface area contributed by atoms with Crippen LogP contribution in [0.4, 0.5) is 10.1 Å². The van der Waals surface area contributed by atoms with E-state index < -0.39 is 0 Å². The maximum Gasteiger partial charge on any atom is 0.124 e. The van der Waals surface area contributed by atoms with Crippen molar-refractivity contribution < 1.29 is 4.39 Å². The molecule has 124 valence electrons. The largest absolute Gasteiger partial charge is 0.369 e. The van der Waals surface area contributed by atoms with Crippen LogP contribution in [0.25, 0.3) is 22.0 Å². The van der Waals surface area contributed by atoms with Gasteiger partial charge in [-0.2, -0.15) is 0 Å². The number of nitrogens with zero attached hydrogens (tertiary/aromatic N) is 2. The molecule has 0 amide bonds. The molecular weight excluding hydrogens is 325 g/mol. The van der Waals surface area contributed by atoms with Gasteiger partial charge in [-0.25, -0.2) is 4.39 Å². The van der Waals surface area contributed by atoms with Gasteiger partial charge in [0, 0.05) is 49.0 Å².